The van der Waals surface area contributed by atoms with E-state index in [9.17, 15) is 28.0 Å². The van der Waals surface area contributed by atoms with E-state index in [0.717, 1.165) is 42.7 Å². The number of para-hydroxylation sites is 2. The van der Waals surface area contributed by atoms with Crippen LogP contribution in [0.4, 0.5) is 30.6 Å². The predicted molar refractivity (Wildman–Crippen MR) is 161 cm³/mol. The summed E-state index contributed by atoms with van der Waals surface area (Å²) in [4.78, 5) is 52.4. The average molecular weight is 610 g/mol. The molecule has 10 nitrogen and oxygen atoms in total. The zero-order chi connectivity index (χ0) is 31.9. The van der Waals surface area contributed by atoms with Gasteiger partial charge in [-0.05, 0) is 49.2 Å². The molecular formula is C32H35F2N4O6+. The Morgan fingerprint density at radius 2 is 1.64 bits per heavy atom. The smallest absolute Gasteiger partial charge is 0.338 e. The number of nitrogens with zero attached hydrogens (tertiary/aromatic N) is 2. The zero-order valence-electron chi connectivity index (χ0n) is 24.8. The van der Waals surface area contributed by atoms with E-state index in [2.05, 4.69) is 10.6 Å². The third kappa shape index (κ3) is 7.38. The summed E-state index contributed by atoms with van der Waals surface area (Å²) in [7, 11) is 4.41. The molecule has 0 spiro atoms. The van der Waals surface area contributed by atoms with Gasteiger partial charge in [0.15, 0.2) is 18.0 Å². The number of esters is 1. The van der Waals surface area contributed by atoms with E-state index in [1.165, 1.54) is 20.2 Å². The van der Waals surface area contributed by atoms with E-state index in [1.807, 2.05) is 0 Å². The fourth-order valence-electron chi connectivity index (χ4n) is 5.37. The Balaban J connectivity index is 1.49. The minimum Gasteiger partial charge on any atom is -0.477 e. The van der Waals surface area contributed by atoms with Gasteiger partial charge in [-0.15, -0.1) is 0 Å². The molecule has 2 N–H and O–H groups in total. The SMILES string of the molecule is COC(=O)c1cccc(NC(=O)NCC(=O)[N+](C)(c2ccccc2OCC(=O)N(C)c2cc(F)cc(F)c2)C2CCCC2)c1. The summed E-state index contributed by atoms with van der Waals surface area (Å²) in [6, 6.07) is 15.2. The molecule has 0 bridgehead atoms. The second kappa shape index (κ2) is 14.1. The highest BCUT2D eigenvalue weighted by molar-refractivity contribution is 5.98. The summed E-state index contributed by atoms with van der Waals surface area (Å²) < 4.78 is 37.9. The predicted octanol–water partition coefficient (Wildman–Crippen LogP) is 5.02. The van der Waals surface area contributed by atoms with E-state index in [0.29, 0.717) is 23.2 Å². The topological polar surface area (TPSA) is 114 Å². The van der Waals surface area contributed by atoms with Gasteiger partial charge in [0.25, 0.3) is 5.91 Å². The van der Waals surface area contributed by atoms with Crippen LogP contribution in [0.15, 0.2) is 66.7 Å². The van der Waals surface area contributed by atoms with E-state index in [-0.39, 0.29) is 34.2 Å². The number of nitrogens with one attached hydrogen (secondary N) is 2. The second-order valence-electron chi connectivity index (χ2n) is 10.6. The van der Waals surface area contributed by atoms with Gasteiger partial charge < -0.3 is 25.0 Å². The second-order valence-corrected chi connectivity index (χ2v) is 10.6. The van der Waals surface area contributed by atoms with Gasteiger partial charge in [0, 0.05) is 43.4 Å². The van der Waals surface area contributed by atoms with Crippen molar-refractivity contribution >= 4 is 40.9 Å². The molecular weight excluding hydrogens is 574 g/mol. The van der Waals surface area contributed by atoms with Gasteiger partial charge in [-0.3, -0.25) is 4.79 Å². The van der Waals surface area contributed by atoms with Gasteiger partial charge in [-0.1, -0.05) is 18.2 Å². The molecule has 1 unspecified atom stereocenters. The molecule has 1 fully saturated rings. The fraction of sp³-hybridized carbons (Fsp3) is 0.312. The highest BCUT2D eigenvalue weighted by atomic mass is 19.1. The van der Waals surface area contributed by atoms with Crippen LogP contribution in [0.25, 0.3) is 0 Å². The normalized spacial score (nSPS) is 14.3. The lowest BCUT2D eigenvalue weighted by Gasteiger charge is -2.37. The Morgan fingerprint density at radius 1 is 0.955 bits per heavy atom. The van der Waals surface area contributed by atoms with Crippen LogP contribution in [0.3, 0.4) is 0 Å². The molecule has 0 aromatic heterocycles. The molecule has 44 heavy (non-hydrogen) atoms. The summed E-state index contributed by atoms with van der Waals surface area (Å²) >= 11 is 0. The first-order valence-corrected chi connectivity index (χ1v) is 14.1. The van der Waals surface area contributed by atoms with Gasteiger partial charge in [0.1, 0.15) is 24.2 Å². The number of carbonyl (C=O) groups excluding carboxylic acids is 4. The van der Waals surface area contributed by atoms with Crippen LogP contribution in [0.2, 0.25) is 0 Å². The Kier molecular flexibility index (Phi) is 10.3. The lowest BCUT2D eigenvalue weighted by molar-refractivity contribution is -0.130. The molecule has 12 heteroatoms. The third-order valence-electron chi connectivity index (χ3n) is 7.84. The highest BCUT2D eigenvalue weighted by Gasteiger charge is 2.45. The van der Waals surface area contributed by atoms with Crippen molar-refractivity contribution < 1.29 is 37.4 Å². The van der Waals surface area contributed by atoms with Crippen molar-refractivity contribution in [1.29, 1.82) is 0 Å². The number of anilines is 2. The maximum Gasteiger partial charge on any atom is 0.338 e. The molecule has 1 saturated carbocycles. The van der Waals surface area contributed by atoms with Crippen LogP contribution in [0, 0.1) is 11.6 Å². The van der Waals surface area contributed by atoms with Crippen LogP contribution >= 0.6 is 0 Å². The number of rotatable bonds is 10. The molecule has 1 atom stereocenters. The summed E-state index contributed by atoms with van der Waals surface area (Å²) in [5.41, 5.74) is 1.16. The molecule has 4 amide bonds. The lowest BCUT2D eigenvalue weighted by Crippen LogP contribution is -2.60. The molecule has 232 valence electrons. The number of carbonyl (C=O) groups is 4. The van der Waals surface area contributed by atoms with Crippen LogP contribution in [-0.4, -0.2) is 64.2 Å². The molecule has 0 radical (unpaired) electrons. The van der Waals surface area contributed by atoms with Crippen molar-refractivity contribution in [2.24, 2.45) is 0 Å². The van der Waals surface area contributed by atoms with E-state index < -0.39 is 36.1 Å². The van der Waals surface area contributed by atoms with E-state index in [1.54, 1.807) is 49.5 Å². The zero-order valence-corrected chi connectivity index (χ0v) is 24.8. The van der Waals surface area contributed by atoms with Crippen molar-refractivity contribution in [2.75, 3.05) is 44.6 Å². The van der Waals surface area contributed by atoms with Gasteiger partial charge in [-0.2, -0.15) is 0 Å². The van der Waals surface area contributed by atoms with Crippen LogP contribution in [-0.2, 0) is 14.3 Å². The van der Waals surface area contributed by atoms with Crippen LogP contribution in [0.1, 0.15) is 36.0 Å². The number of halogens is 2. The maximum atomic E-state index is 13.9. The fourth-order valence-corrected chi connectivity index (χ4v) is 5.37. The number of methoxy groups -OCH3 is 1. The molecule has 0 aliphatic heterocycles. The number of hydrogen-bond donors (Lipinski definition) is 2. The van der Waals surface area contributed by atoms with Crippen LogP contribution in [0.5, 0.6) is 5.75 Å². The first kappa shape index (κ1) is 32.1. The van der Waals surface area contributed by atoms with Gasteiger partial charge in [0.2, 0.25) is 0 Å². The standard InChI is InChI=1S/C32H34F2N4O6/c1-37(25-17-22(33)16-23(34)18-25)29(39)20-44-28-14-7-6-13-27(28)38(2,26-11-4-5-12-26)30(40)19-35-32(42)36-24-10-8-9-21(15-24)31(41)43-3/h6-10,13-18,26H,4-5,11-12,19-20H2,1-3H3,(H-,35,36,42)/p+1. The lowest BCUT2D eigenvalue weighted by atomic mass is 10.1. The van der Waals surface area contributed by atoms with E-state index in [4.69, 9.17) is 9.47 Å². The Morgan fingerprint density at radius 3 is 2.32 bits per heavy atom. The van der Waals surface area contributed by atoms with Crippen molar-refractivity contribution in [3.05, 3.63) is 83.9 Å². The number of ether oxygens (including phenoxy) is 2. The molecule has 0 saturated heterocycles. The number of benzene rings is 3. The molecule has 0 heterocycles. The Hall–Kier alpha value is -4.84. The van der Waals surface area contributed by atoms with E-state index >= 15 is 0 Å². The minimum absolute atomic E-state index is 0.0347. The number of urea groups is 1. The van der Waals surface area contributed by atoms with Gasteiger partial charge >= 0.3 is 17.9 Å². The average Bonchev–Trinajstić information content (AvgIpc) is 3.57. The van der Waals surface area contributed by atoms with Gasteiger partial charge in [-0.25, -0.2) is 27.6 Å². The Bertz CT molecular complexity index is 1520. The van der Waals surface area contributed by atoms with Crippen molar-refractivity contribution in [3.63, 3.8) is 0 Å². The van der Waals surface area contributed by atoms with Crippen molar-refractivity contribution in [1.82, 2.24) is 9.80 Å². The summed E-state index contributed by atoms with van der Waals surface area (Å²) in [5, 5.41) is 5.23. The van der Waals surface area contributed by atoms with Gasteiger partial charge in [0.05, 0.1) is 19.7 Å². The molecule has 3 aromatic carbocycles. The number of quaternary nitrogens is 1. The quantitative estimate of drug-likeness (QED) is 0.247. The van der Waals surface area contributed by atoms with Crippen LogP contribution < -0.4 is 24.8 Å². The van der Waals surface area contributed by atoms with Crippen molar-refractivity contribution in [2.45, 2.75) is 31.7 Å². The highest BCUT2D eigenvalue weighted by Crippen LogP contribution is 2.39. The van der Waals surface area contributed by atoms with Crippen molar-refractivity contribution in [3.8, 4) is 5.75 Å². The Labute approximate surface area is 254 Å². The number of amides is 4. The molecule has 1 aliphatic carbocycles. The first-order chi connectivity index (χ1) is 21.0. The molecule has 1 aliphatic rings. The number of likely N-dealkylation sites (N-methyl/N-ethyl adjacent to an activating group) is 2. The molecule has 4 rings (SSSR count). The molecule has 3 aromatic rings. The summed E-state index contributed by atoms with van der Waals surface area (Å²) in [6.07, 6.45) is 3.42. The summed E-state index contributed by atoms with van der Waals surface area (Å²) in [6.45, 7) is -0.757. The summed E-state index contributed by atoms with van der Waals surface area (Å²) in [5.74, 6) is -2.74. The number of hydrogen-bond acceptors (Lipinski definition) is 6. The minimum atomic E-state index is -0.814. The third-order valence-corrected chi connectivity index (χ3v) is 7.84. The monoisotopic (exact) mass is 609 g/mol. The maximum absolute atomic E-state index is 13.9. The first-order valence-electron chi connectivity index (χ1n) is 14.1. The largest absolute Gasteiger partial charge is 0.477 e.